The van der Waals surface area contributed by atoms with Gasteiger partial charge in [0.05, 0.1) is 6.10 Å². The van der Waals surface area contributed by atoms with Gasteiger partial charge in [0.2, 0.25) is 0 Å². The fraction of sp³-hybridized carbons (Fsp3) is 0.533. The molecule has 0 radical (unpaired) electrons. The van der Waals surface area contributed by atoms with Crippen molar-refractivity contribution >= 4 is 6.03 Å². The Morgan fingerprint density at radius 3 is 2.68 bits per heavy atom. The molecular weight excluding hydrogens is 240 g/mol. The Hall–Kier alpha value is -1.55. The van der Waals surface area contributed by atoms with Crippen molar-refractivity contribution in [3.63, 3.8) is 0 Å². The lowest BCUT2D eigenvalue weighted by molar-refractivity contribution is 0.116. The van der Waals surface area contributed by atoms with E-state index < -0.39 is 0 Å². The van der Waals surface area contributed by atoms with Crippen LogP contribution in [0.15, 0.2) is 24.3 Å². The molecule has 0 heterocycles. The van der Waals surface area contributed by atoms with Crippen LogP contribution >= 0.6 is 0 Å². The molecule has 4 nitrogen and oxygen atoms in total. The second kappa shape index (κ2) is 7.79. The van der Waals surface area contributed by atoms with Gasteiger partial charge in [0.15, 0.2) is 0 Å². The number of rotatable bonds is 6. The Labute approximate surface area is 115 Å². The standard InChI is InChI=1S/C15H24N2O2/c1-11(2)14(18)7-8-16-15(19)17-10-13-6-4-5-12(3)9-13/h4-6,9,11,14,18H,7-8,10H2,1-3H3,(H2,16,17,19). The van der Waals surface area contributed by atoms with E-state index in [0.717, 1.165) is 5.56 Å². The number of amides is 2. The van der Waals surface area contributed by atoms with Gasteiger partial charge in [-0.3, -0.25) is 0 Å². The van der Waals surface area contributed by atoms with E-state index in [2.05, 4.69) is 10.6 Å². The van der Waals surface area contributed by atoms with Crippen LogP contribution in [0.4, 0.5) is 4.79 Å². The van der Waals surface area contributed by atoms with Gasteiger partial charge in [0, 0.05) is 13.1 Å². The van der Waals surface area contributed by atoms with E-state index in [-0.39, 0.29) is 18.1 Å². The summed E-state index contributed by atoms with van der Waals surface area (Å²) < 4.78 is 0. The Morgan fingerprint density at radius 1 is 1.32 bits per heavy atom. The van der Waals surface area contributed by atoms with Crippen LogP contribution in [-0.2, 0) is 6.54 Å². The normalized spacial score (nSPS) is 12.3. The van der Waals surface area contributed by atoms with Crippen molar-refractivity contribution in [2.45, 2.75) is 39.8 Å². The third kappa shape index (κ3) is 6.25. The minimum absolute atomic E-state index is 0.197. The van der Waals surface area contributed by atoms with Crippen molar-refractivity contribution < 1.29 is 9.90 Å². The van der Waals surface area contributed by atoms with E-state index in [1.165, 1.54) is 5.56 Å². The number of carbonyl (C=O) groups excluding carboxylic acids is 1. The molecule has 1 aromatic rings. The number of nitrogens with one attached hydrogen (secondary N) is 2. The highest BCUT2D eigenvalue weighted by Crippen LogP contribution is 2.04. The summed E-state index contributed by atoms with van der Waals surface area (Å²) in [6.07, 6.45) is 0.215. The number of benzene rings is 1. The van der Waals surface area contributed by atoms with E-state index in [1.807, 2.05) is 45.0 Å². The molecule has 2 amide bonds. The maximum atomic E-state index is 11.5. The lowest BCUT2D eigenvalue weighted by atomic mass is 10.0. The fourth-order valence-electron chi connectivity index (χ4n) is 1.73. The predicted octanol–water partition coefficient (Wildman–Crippen LogP) is 2.20. The minimum atomic E-state index is -0.364. The van der Waals surface area contributed by atoms with Crippen molar-refractivity contribution in [3.05, 3.63) is 35.4 Å². The zero-order valence-electron chi connectivity index (χ0n) is 11.9. The molecule has 0 aromatic heterocycles. The van der Waals surface area contributed by atoms with Gasteiger partial charge in [-0.2, -0.15) is 0 Å². The van der Waals surface area contributed by atoms with Gasteiger partial charge < -0.3 is 15.7 Å². The summed E-state index contributed by atoms with van der Waals surface area (Å²) in [7, 11) is 0. The number of aryl methyl sites for hydroxylation is 1. The monoisotopic (exact) mass is 264 g/mol. The van der Waals surface area contributed by atoms with Gasteiger partial charge in [-0.05, 0) is 24.8 Å². The van der Waals surface area contributed by atoms with E-state index in [9.17, 15) is 9.90 Å². The van der Waals surface area contributed by atoms with E-state index in [4.69, 9.17) is 0 Å². The fourth-order valence-corrected chi connectivity index (χ4v) is 1.73. The van der Waals surface area contributed by atoms with E-state index in [1.54, 1.807) is 0 Å². The highest BCUT2D eigenvalue weighted by Gasteiger charge is 2.09. The minimum Gasteiger partial charge on any atom is -0.393 e. The summed E-state index contributed by atoms with van der Waals surface area (Å²) in [4.78, 5) is 11.5. The number of aliphatic hydroxyl groups is 1. The summed E-state index contributed by atoms with van der Waals surface area (Å²) in [6, 6.07) is 7.83. The largest absolute Gasteiger partial charge is 0.393 e. The zero-order valence-corrected chi connectivity index (χ0v) is 11.9. The maximum Gasteiger partial charge on any atom is 0.315 e. The number of urea groups is 1. The molecule has 3 N–H and O–H groups in total. The predicted molar refractivity (Wildman–Crippen MR) is 76.9 cm³/mol. The van der Waals surface area contributed by atoms with E-state index in [0.29, 0.717) is 19.5 Å². The van der Waals surface area contributed by atoms with Gasteiger partial charge in [-0.1, -0.05) is 43.7 Å². The second-order valence-corrected chi connectivity index (χ2v) is 5.20. The van der Waals surface area contributed by atoms with Crippen LogP contribution in [0.1, 0.15) is 31.4 Å². The lowest BCUT2D eigenvalue weighted by Crippen LogP contribution is -2.37. The van der Waals surface area contributed by atoms with Crippen LogP contribution in [0, 0.1) is 12.8 Å². The van der Waals surface area contributed by atoms with Gasteiger partial charge in [-0.25, -0.2) is 4.79 Å². The van der Waals surface area contributed by atoms with Crippen molar-refractivity contribution in [3.8, 4) is 0 Å². The van der Waals surface area contributed by atoms with Crippen LogP contribution < -0.4 is 10.6 Å². The zero-order chi connectivity index (χ0) is 14.3. The number of aliphatic hydroxyl groups excluding tert-OH is 1. The van der Waals surface area contributed by atoms with E-state index >= 15 is 0 Å². The average Bonchev–Trinajstić information content (AvgIpc) is 2.36. The van der Waals surface area contributed by atoms with Crippen LogP contribution in [-0.4, -0.2) is 23.8 Å². The van der Waals surface area contributed by atoms with Crippen molar-refractivity contribution in [2.24, 2.45) is 5.92 Å². The van der Waals surface area contributed by atoms with Crippen molar-refractivity contribution in [2.75, 3.05) is 6.54 Å². The average molecular weight is 264 g/mol. The van der Waals surface area contributed by atoms with Crippen LogP contribution in [0.2, 0.25) is 0 Å². The van der Waals surface area contributed by atoms with Crippen LogP contribution in [0.5, 0.6) is 0 Å². The number of hydrogen-bond donors (Lipinski definition) is 3. The molecule has 1 unspecified atom stereocenters. The molecule has 0 spiro atoms. The summed E-state index contributed by atoms with van der Waals surface area (Å²) in [5.41, 5.74) is 2.26. The first-order chi connectivity index (χ1) is 8.99. The topological polar surface area (TPSA) is 61.4 Å². The third-order valence-electron chi connectivity index (χ3n) is 3.03. The molecule has 0 aliphatic rings. The molecule has 1 aromatic carbocycles. The highest BCUT2D eigenvalue weighted by atomic mass is 16.3. The smallest absolute Gasteiger partial charge is 0.315 e. The molecule has 106 valence electrons. The first-order valence-corrected chi connectivity index (χ1v) is 6.74. The van der Waals surface area contributed by atoms with Gasteiger partial charge in [0.25, 0.3) is 0 Å². The van der Waals surface area contributed by atoms with Crippen molar-refractivity contribution in [1.29, 1.82) is 0 Å². The Kier molecular flexibility index (Phi) is 6.36. The van der Waals surface area contributed by atoms with Crippen LogP contribution in [0.25, 0.3) is 0 Å². The molecule has 0 bridgehead atoms. The van der Waals surface area contributed by atoms with Gasteiger partial charge in [0.1, 0.15) is 0 Å². The van der Waals surface area contributed by atoms with Gasteiger partial charge >= 0.3 is 6.03 Å². The molecule has 1 rings (SSSR count). The molecular formula is C15H24N2O2. The molecule has 1 atom stereocenters. The SMILES string of the molecule is Cc1cccc(CNC(=O)NCCC(O)C(C)C)c1. The summed E-state index contributed by atoms with van der Waals surface area (Å²) >= 11 is 0. The summed E-state index contributed by atoms with van der Waals surface area (Å²) in [5.74, 6) is 0.220. The van der Waals surface area contributed by atoms with Crippen LogP contribution in [0.3, 0.4) is 0 Å². The lowest BCUT2D eigenvalue weighted by Gasteiger charge is -2.14. The molecule has 0 saturated carbocycles. The quantitative estimate of drug-likeness (QED) is 0.737. The summed E-state index contributed by atoms with van der Waals surface area (Å²) in [6.45, 7) is 6.95. The Bertz CT molecular complexity index is 405. The molecule has 0 aliphatic heterocycles. The van der Waals surface area contributed by atoms with Crippen molar-refractivity contribution in [1.82, 2.24) is 10.6 Å². The molecule has 0 aliphatic carbocycles. The molecule has 0 fully saturated rings. The first kappa shape index (κ1) is 15.5. The first-order valence-electron chi connectivity index (χ1n) is 6.74. The molecule has 4 heteroatoms. The highest BCUT2D eigenvalue weighted by molar-refractivity contribution is 5.73. The Morgan fingerprint density at radius 2 is 2.05 bits per heavy atom. The van der Waals surface area contributed by atoms with Gasteiger partial charge in [-0.15, -0.1) is 0 Å². The second-order valence-electron chi connectivity index (χ2n) is 5.20. The number of carbonyl (C=O) groups is 1. The Balaban J connectivity index is 2.21. The summed E-state index contributed by atoms with van der Waals surface area (Å²) in [5, 5.41) is 15.1. The third-order valence-corrected chi connectivity index (χ3v) is 3.03. The molecule has 19 heavy (non-hydrogen) atoms. The number of hydrogen-bond acceptors (Lipinski definition) is 2. The maximum absolute atomic E-state index is 11.5. The molecule has 0 saturated heterocycles.